The molecule has 4 aromatic rings. The van der Waals surface area contributed by atoms with Crippen molar-refractivity contribution in [2.45, 2.75) is 93.7 Å². The number of imidazole rings is 1. The quantitative estimate of drug-likeness (QED) is 0.0851. The molecule has 0 saturated carbocycles. The van der Waals surface area contributed by atoms with Gasteiger partial charge in [-0.15, -0.1) is 0 Å². The van der Waals surface area contributed by atoms with Crippen molar-refractivity contribution < 1.29 is 23.5 Å². The average molecular weight is 716 g/mol. The van der Waals surface area contributed by atoms with Crippen molar-refractivity contribution in [2.24, 2.45) is 0 Å². The fourth-order valence-corrected chi connectivity index (χ4v) is 13.8. The molecule has 0 spiro atoms. The third-order valence-electron chi connectivity index (χ3n) is 10.0. The van der Waals surface area contributed by atoms with Crippen molar-refractivity contribution in [3.63, 3.8) is 0 Å². The van der Waals surface area contributed by atoms with Crippen molar-refractivity contribution in [2.75, 3.05) is 18.1 Å². The van der Waals surface area contributed by atoms with Crippen LogP contribution in [-0.4, -0.2) is 81.7 Å². The van der Waals surface area contributed by atoms with Crippen LogP contribution < -0.4 is 26.7 Å². The Hall–Kier alpha value is -3.98. The van der Waals surface area contributed by atoms with Gasteiger partial charge in [-0.3, -0.25) is 9.36 Å². The van der Waals surface area contributed by atoms with Crippen LogP contribution in [-0.2, 0) is 18.7 Å². The van der Waals surface area contributed by atoms with Gasteiger partial charge in [0.05, 0.1) is 31.1 Å². The topological polar surface area (TPSA) is 156 Å². The lowest BCUT2D eigenvalue weighted by Crippen LogP contribution is -2.67. The van der Waals surface area contributed by atoms with E-state index in [2.05, 4.69) is 94.9 Å². The standard InChI is InChI=1S/C36H45N7O5SSi/c1-36(2,3)50(24-12-6-4-7-13-24,25-14-8-5-9-15-25)46-19-23-18-27(34(47-23)43-22-40-31-32(37)38-21-39-33(31)43)48-29(44)17-11-10-16-28-30-26(20-49-28)41-35(45)42-30/h4-9,12-15,21-23,26-28,30,34H,10-11,16-20H2,1-3H3,(H2,37,38,39)(H2,41,42,45)/t23-,26-,27+,28-,30-,34+/m0/s1. The first-order valence-electron chi connectivity index (χ1n) is 17.4. The molecule has 0 aliphatic carbocycles. The van der Waals surface area contributed by atoms with Gasteiger partial charge in [0, 0.05) is 23.8 Å². The van der Waals surface area contributed by atoms with Crippen LogP contribution in [0.4, 0.5) is 10.6 Å². The number of thioether (sulfide) groups is 1. The number of fused-ring (bicyclic) bond motifs is 2. The van der Waals surface area contributed by atoms with Crippen LogP contribution in [0.15, 0.2) is 73.3 Å². The fraction of sp³-hybridized carbons (Fsp3) is 0.472. The summed E-state index contributed by atoms with van der Waals surface area (Å²) in [6.45, 7) is 7.05. The number of nitrogens with one attached hydrogen (secondary N) is 2. The molecule has 5 heterocycles. The minimum absolute atomic E-state index is 0.0858. The van der Waals surface area contributed by atoms with E-state index in [1.54, 1.807) is 10.9 Å². The Labute approximate surface area is 297 Å². The molecule has 3 saturated heterocycles. The lowest BCUT2D eigenvalue weighted by molar-refractivity contribution is -0.155. The zero-order chi connectivity index (χ0) is 34.9. The summed E-state index contributed by atoms with van der Waals surface area (Å²) in [7, 11) is -2.83. The summed E-state index contributed by atoms with van der Waals surface area (Å²) in [6.07, 6.45) is 4.64. The molecule has 4 N–H and O–H groups in total. The second kappa shape index (κ2) is 14.3. The number of aromatic nitrogens is 4. The first kappa shape index (κ1) is 34.5. The minimum atomic E-state index is -2.83. The molecular formula is C36H45N7O5SSi. The van der Waals surface area contributed by atoms with Gasteiger partial charge in [-0.1, -0.05) is 87.9 Å². The van der Waals surface area contributed by atoms with Gasteiger partial charge in [-0.25, -0.2) is 19.7 Å². The van der Waals surface area contributed by atoms with Crippen molar-refractivity contribution >= 4 is 59.4 Å². The highest BCUT2D eigenvalue weighted by Gasteiger charge is 2.51. The van der Waals surface area contributed by atoms with E-state index >= 15 is 0 Å². The molecule has 50 heavy (non-hydrogen) atoms. The molecule has 2 aromatic carbocycles. The number of rotatable bonds is 12. The van der Waals surface area contributed by atoms with E-state index < -0.39 is 20.6 Å². The molecular weight excluding hydrogens is 671 g/mol. The number of nitrogens with two attached hydrogens (primary N) is 1. The summed E-state index contributed by atoms with van der Waals surface area (Å²) in [5.74, 6) is 0.912. The Balaban J connectivity index is 1.07. The second-order valence-electron chi connectivity index (χ2n) is 14.3. The van der Waals surface area contributed by atoms with Crippen LogP contribution in [0.1, 0.15) is 59.1 Å². The van der Waals surface area contributed by atoms with Crippen LogP contribution in [0.25, 0.3) is 11.2 Å². The number of nitrogen functional groups attached to an aromatic ring is 1. The van der Waals surface area contributed by atoms with Crippen LogP contribution in [0.3, 0.4) is 0 Å². The lowest BCUT2D eigenvalue weighted by atomic mass is 10.0. The molecule has 7 rings (SSSR count). The number of benzene rings is 2. The van der Waals surface area contributed by atoms with E-state index in [0.29, 0.717) is 42.3 Å². The number of amides is 2. The van der Waals surface area contributed by atoms with Crippen molar-refractivity contribution in [3.8, 4) is 0 Å². The Morgan fingerprint density at radius 2 is 1.76 bits per heavy atom. The van der Waals surface area contributed by atoms with Gasteiger partial charge in [-0.2, -0.15) is 11.8 Å². The summed E-state index contributed by atoms with van der Waals surface area (Å²) < 4.78 is 21.9. The number of unbranched alkanes of at least 4 members (excludes halogenated alkanes) is 1. The van der Waals surface area contributed by atoms with Gasteiger partial charge in [-0.05, 0) is 28.3 Å². The molecule has 0 bridgehead atoms. The fourth-order valence-electron chi connectivity index (χ4n) is 7.70. The first-order chi connectivity index (χ1) is 24.1. The lowest BCUT2D eigenvalue weighted by Gasteiger charge is -2.43. The molecule has 14 heteroatoms. The zero-order valence-electron chi connectivity index (χ0n) is 28.7. The third kappa shape index (κ3) is 6.73. The van der Waals surface area contributed by atoms with Crippen LogP contribution in [0.5, 0.6) is 0 Å². The van der Waals surface area contributed by atoms with Crippen molar-refractivity contribution in [3.05, 3.63) is 73.3 Å². The van der Waals surface area contributed by atoms with E-state index in [0.717, 1.165) is 18.6 Å². The molecule has 264 valence electrons. The summed E-state index contributed by atoms with van der Waals surface area (Å²) in [4.78, 5) is 38.1. The minimum Gasteiger partial charge on any atom is -0.457 e. The summed E-state index contributed by atoms with van der Waals surface area (Å²) >= 11 is 1.88. The van der Waals surface area contributed by atoms with Crippen molar-refractivity contribution in [1.82, 2.24) is 30.2 Å². The van der Waals surface area contributed by atoms with Gasteiger partial charge in [0.15, 0.2) is 17.7 Å². The number of carbonyl (C=O) groups excluding carboxylic acids is 2. The van der Waals surface area contributed by atoms with Crippen molar-refractivity contribution in [1.29, 1.82) is 0 Å². The zero-order valence-corrected chi connectivity index (χ0v) is 30.5. The number of nitrogens with zero attached hydrogens (tertiary/aromatic N) is 4. The molecule has 3 aliphatic rings. The van der Waals surface area contributed by atoms with Gasteiger partial charge >= 0.3 is 12.0 Å². The molecule has 2 aromatic heterocycles. The average Bonchev–Trinajstić information content (AvgIpc) is 3.88. The maximum absolute atomic E-state index is 13.3. The van der Waals surface area contributed by atoms with E-state index in [1.165, 1.54) is 16.7 Å². The molecule has 12 nitrogen and oxygen atoms in total. The van der Waals surface area contributed by atoms with Crippen LogP contribution in [0.2, 0.25) is 5.04 Å². The number of esters is 1. The molecule has 6 atom stereocenters. The number of urea groups is 1. The summed E-state index contributed by atoms with van der Waals surface area (Å²) in [5.41, 5.74) is 7.09. The summed E-state index contributed by atoms with van der Waals surface area (Å²) in [5, 5.41) is 8.54. The number of ether oxygens (including phenoxy) is 2. The number of hydrogen-bond donors (Lipinski definition) is 3. The largest absolute Gasteiger partial charge is 0.457 e. The van der Waals surface area contributed by atoms with Gasteiger partial charge in [0.25, 0.3) is 8.32 Å². The maximum atomic E-state index is 13.3. The molecule has 2 amide bonds. The van der Waals surface area contributed by atoms with Gasteiger partial charge < -0.3 is 30.3 Å². The maximum Gasteiger partial charge on any atom is 0.315 e. The smallest absolute Gasteiger partial charge is 0.315 e. The predicted molar refractivity (Wildman–Crippen MR) is 196 cm³/mol. The third-order valence-corrected chi connectivity index (χ3v) is 16.6. The Bertz CT molecular complexity index is 1770. The number of anilines is 1. The number of carbonyl (C=O) groups is 2. The highest BCUT2D eigenvalue weighted by Crippen LogP contribution is 2.39. The Morgan fingerprint density at radius 1 is 1.04 bits per heavy atom. The molecule has 3 aliphatic heterocycles. The van der Waals surface area contributed by atoms with Gasteiger partial charge in [0.1, 0.15) is 17.9 Å². The Morgan fingerprint density at radius 3 is 2.46 bits per heavy atom. The van der Waals surface area contributed by atoms with E-state index in [9.17, 15) is 9.59 Å². The predicted octanol–water partition coefficient (Wildman–Crippen LogP) is 3.91. The normalized spacial score (nSPS) is 25.0. The first-order valence-corrected chi connectivity index (χ1v) is 20.3. The van der Waals surface area contributed by atoms with E-state index in [4.69, 9.17) is 19.6 Å². The highest BCUT2D eigenvalue weighted by atomic mass is 32.2. The SMILES string of the molecule is CC(C)(C)[Si](OC[C@@H]1C[C@@H](OC(=O)CCCC[C@@H]2SC[C@@H]3NC(=O)N[C@@H]32)[C@H](n2cnc3c(N)ncnc32)O1)(c1ccccc1)c1ccccc1. The van der Waals surface area contributed by atoms with Crippen LogP contribution in [0, 0.1) is 0 Å². The van der Waals surface area contributed by atoms with Crippen LogP contribution >= 0.6 is 11.8 Å². The van der Waals surface area contributed by atoms with E-state index in [-0.39, 0.29) is 41.0 Å². The highest BCUT2D eigenvalue weighted by molar-refractivity contribution is 8.00. The van der Waals surface area contributed by atoms with E-state index in [1.807, 2.05) is 23.9 Å². The molecule has 0 unspecified atom stereocenters. The monoisotopic (exact) mass is 715 g/mol. The number of hydrogen-bond acceptors (Lipinski definition) is 10. The Kier molecular flexibility index (Phi) is 9.88. The second-order valence-corrected chi connectivity index (χ2v) is 19.9. The molecule has 0 radical (unpaired) electrons. The summed E-state index contributed by atoms with van der Waals surface area (Å²) in [6, 6.07) is 21.2. The molecule has 3 fully saturated rings. The van der Waals surface area contributed by atoms with Gasteiger partial charge in [0.2, 0.25) is 0 Å².